The molecule has 2 bridgehead atoms. The molecule has 1 aliphatic carbocycles. The van der Waals surface area contributed by atoms with Gasteiger partial charge in [0.1, 0.15) is 0 Å². The number of imide groups is 1. The standard InChI is InChI=1S/C27H30N2O3/c1-19-8-5-6-13-23(19)27(15-24(30)28-18-21-11-7-12-22(28)14-21)16-25(31)29(26(27)32)17-20-9-3-2-4-10-20/h2-6,8-10,13,21-22H,7,11-12,14-18H2,1H3/t21-,22-,27+/m0/s1. The summed E-state index contributed by atoms with van der Waals surface area (Å²) in [5.74, 6) is 0.166. The maximum Gasteiger partial charge on any atom is 0.241 e. The lowest BCUT2D eigenvalue weighted by Crippen LogP contribution is -2.44. The molecule has 3 atom stereocenters. The molecule has 0 N–H and O–H groups in total. The number of benzene rings is 2. The Morgan fingerprint density at radius 1 is 1.03 bits per heavy atom. The number of fused-ring (bicyclic) bond motifs is 2. The van der Waals surface area contributed by atoms with E-state index in [0.29, 0.717) is 12.0 Å². The SMILES string of the molecule is Cc1ccccc1[C@@]1(CC(=O)N2C[C@H]3CCC[C@H]2C3)CC(=O)N(Cc2ccccc2)C1=O. The number of carbonyl (C=O) groups excluding carboxylic acids is 3. The van der Waals surface area contributed by atoms with Gasteiger partial charge in [0.2, 0.25) is 17.7 Å². The summed E-state index contributed by atoms with van der Waals surface area (Å²) in [7, 11) is 0. The molecule has 0 radical (unpaired) electrons. The molecular formula is C27H30N2O3. The fourth-order valence-corrected chi connectivity index (χ4v) is 6.08. The van der Waals surface area contributed by atoms with Gasteiger partial charge in [-0.2, -0.15) is 0 Å². The van der Waals surface area contributed by atoms with Crippen molar-refractivity contribution in [2.45, 2.75) is 63.5 Å². The van der Waals surface area contributed by atoms with E-state index < -0.39 is 5.41 Å². The first kappa shape index (κ1) is 20.9. The van der Waals surface area contributed by atoms with Crippen LogP contribution in [0.25, 0.3) is 0 Å². The average Bonchev–Trinajstić information content (AvgIpc) is 3.22. The molecule has 0 aromatic heterocycles. The highest BCUT2D eigenvalue weighted by Crippen LogP contribution is 2.44. The number of likely N-dealkylation sites (tertiary alicyclic amines) is 2. The molecule has 2 aromatic carbocycles. The van der Waals surface area contributed by atoms with Gasteiger partial charge in [0.05, 0.1) is 12.0 Å². The first-order chi connectivity index (χ1) is 15.5. The van der Waals surface area contributed by atoms with Crippen molar-refractivity contribution in [2.24, 2.45) is 5.92 Å². The smallest absolute Gasteiger partial charge is 0.241 e. The number of nitrogens with zero attached hydrogens (tertiary/aromatic N) is 2. The van der Waals surface area contributed by atoms with Gasteiger partial charge in [-0.25, -0.2) is 0 Å². The molecule has 3 amide bonds. The quantitative estimate of drug-likeness (QED) is 0.674. The Kier molecular flexibility index (Phi) is 5.36. The molecule has 5 heteroatoms. The molecule has 2 aliphatic heterocycles. The summed E-state index contributed by atoms with van der Waals surface area (Å²) in [6.07, 6.45) is 4.60. The van der Waals surface area contributed by atoms with Crippen LogP contribution in [0, 0.1) is 12.8 Å². The Balaban J connectivity index is 1.49. The Labute approximate surface area is 189 Å². The number of hydrogen-bond acceptors (Lipinski definition) is 3. The Morgan fingerprint density at radius 2 is 1.78 bits per heavy atom. The summed E-state index contributed by atoms with van der Waals surface area (Å²) in [5, 5.41) is 0. The highest BCUT2D eigenvalue weighted by molar-refractivity contribution is 6.10. The number of carbonyl (C=O) groups is 3. The molecule has 2 aromatic rings. The normalized spacial score (nSPS) is 27.3. The van der Waals surface area contributed by atoms with Crippen molar-refractivity contribution in [2.75, 3.05) is 6.54 Å². The minimum atomic E-state index is -1.12. The van der Waals surface area contributed by atoms with Crippen LogP contribution in [0.1, 0.15) is 55.2 Å². The van der Waals surface area contributed by atoms with E-state index in [1.54, 1.807) is 0 Å². The van der Waals surface area contributed by atoms with Crippen molar-refractivity contribution in [3.63, 3.8) is 0 Å². The molecule has 5 nitrogen and oxygen atoms in total. The molecule has 5 rings (SSSR count). The first-order valence-corrected chi connectivity index (χ1v) is 11.7. The molecule has 0 spiro atoms. The minimum absolute atomic E-state index is 0.0189. The van der Waals surface area contributed by atoms with Crippen molar-refractivity contribution in [3.05, 3.63) is 71.3 Å². The third-order valence-corrected chi connectivity index (χ3v) is 7.68. The van der Waals surface area contributed by atoms with Crippen molar-refractivity contribution < 1.29 is 14.4 Å². The fraction of sp³-hybridized carbons (Fsp3) is 0.444. The van der Waals surface area contributed by atoms with Crippen LogP contribution in [0.4, 0.5) is 0 Å². The van der Waals surface area contributed by atoms with Crippen LogP contribution < -0.4 is 0 Å². The van der Waals surface area contributed by atoms with E-state index in [-0.39, 0.29) is 37.1 Å². The van der Waals surface area contributed by atoms with Gasteiger partial charge in [-0.15, -0.1) is 0 Å². The number of hydrogen-bond donors (Lipinski definition) is 0. The van der Waals surface area contributed by atoms with E-state index in [2.05, 4.69) is 0 Å². The number of aryl methyl sites for hydroxylation is 1. The average molecular weight is 431 g/mol. The van der Waals surface area contributed by atoms with Gasteiger partial charge in [-0.3, -0.25) is 19.3 Å². The second kappa shape index (κ2) is 8.19. The van der Waals surface area contributed by atoms with Crippen molar-refractivity contribution in [1.82, 2.24) is 9.80 Å². The second-order valence-electron chi connectivity index (χ2n) is 9.75. The summed E-state index contributed by atoms with van der Waals surface area (Å²) in [5.41, 5.74) is 1.55. The molecule has 2 saturated heterocycles. The lowest BCUT2D eigenvalue weighted by Gasteiger charge is -2.32. The van der Waals surface area contributed by atoms with Gasteiger partial charge in [0, 0.05) is 25.4 Å². The van der Waals surface area contributed by atoms with Gasteiger partial charge < -0.3 is 4.90 Å². The van der Waals surface area contributed by atoms with Crippen molar-refractivity contribution in [1.29, 1.82) is 0 Å². The lowest BCUT2D eigenvalue weighted by molar-refractivity contribution is -0.143. The van der Waals surface area contributed by atoms with E-state index >= 15 is 0 Å². The van der Waals surface area contributed by atoms with Gasteiger partial charge in [0.15, 0.2) is 0 Å². The van der Waals surface area contributed by atoms with E-state index in [0.717, 1.165) is 36.1 Å². The van der Waals surface area contributed by atoms with Gasteiger partial charge in [-0.1, -0.05) is 61.0 Å². The third kappa shape index (κ3) is 3.54. The number of rotatable bonds is 5. The molecular weight excluding hydrogens is 400 g/mol. The number of amides is 3. The Morgan fingerprint density at radius 3 is 2.53 bits per heavy atom. The second-order valence-corrected chi connectivity index (χ2v) is 9.75. The summed E-state index contributed by atoms with van der Waals surface area (Å²) in [6, 6.07) is 17.6. The van der Waals surface area contributed by atoms with Crippen LogP contribution in [0.3, 0.4) is 0 Å². The third-order valence-electron chi connectivity index (χ3n) is 7.68. The first-order valence-electron chi connectivity index (χ1n) is 11.7. The molecule has 1 saturated carbocycles. The highest BCUT2D eigenvalue weighted by atomic mass is 16.2. The fourth-order valence-electron chi connectivity index (χ4n) is 6.08. The summed E-state index contributed by atoms with van der Waals surface area (Å²) < 4.78 is 0. The largest absolute Gasteiger partial charge is 0.339 e. The van der Waals surface area contributed by atoms with Gasteiger partial charge in [0.25, 0.3) is 0 Å². The molecule has 3 aliphatic rings. The van der Waals surface area contributed by atoms with Crippen LogP contribution in [-0.2, 0) is 26.3 Å². The Hall–Kier alpha value is -2.95. The van der Waals surface area contributed by atoms with Gasteiger partial charge >= 0.3 is 0 Å². The zero-order valence-corrected chi connectivity index (χ0v) is 18.6. The van der Waals surface area contributed by atoms with Crippen LogP contribution in [-0.4, -0.2) is 40.1 Å². The van der Waals surface area contributed by atoms with Crippen LogP contribution in [0.15, 0.2) is 54.6 Å². The predicted octanol–water partition coefficient (Wildman–Crippen LogP) is 3.98. The van der Waals surface area contributed by atoms with Crippen LogP contribution >= 0.6 is 0 Å². The predicted molar refractivity (Wildman–Crippen MR) is 122 cm³/mol. The zero-order valence-electron chi connectivity index (χ0n) is 18.6. The minimum Gasteiger partial charge on any atom is -0.339 e. The van der Waals surface area contributed by atoms with E-state index in [1.165, 1.54) is 17.7 Å². The summed E-state index contributed by atoms with van der Waals surface area (Å²) >= 11 is 0. The summed E-state index contributed by atoms with van der Waals surface area (Å²) in [6.45, 7) is 3.00. The van der Waals surface area contributed by atoms with E-state index in [4.69, 9.17) is 0 Å². The molecule has 32 heavy (non-hydrogen) atoms. The Bertz CT molecular complexity index is 1050. The lowest BCUT2D eigenvalue weighted by atomic mass is 9.74. The van der Waals surface area contributed by atoms with Crippen LogP contribution in [0.2, 0.25) is 0 Å². The molecule has 166 valence electrons. The highest BCUT2D eigenvalue weighted by Gasteiger charge is 2.55. The monoisotopic (exact) mass is 430 g/mol. The topological polar surface area (TPSA) is 57.7 Å². The molecule has 3 fully saturated rings. The maximum atomic E-state index is 13.9. The van der Waals surface area contributed by atoms with Crippen molar-refractivity contribution >= 4 is 17.7 Å². The molecule has 0 unspecified atom stereocenters. The summed E-state index contributed by atoms with van der Waals surface area (Å²) in [4.78, 5) is 44.0. The zero-order chi connectivity index (χ0) is 22.3. The van der Waals surface area contributed by atoms with E-state index in [1.807, 2.05) is 66.4 Å². The van der Waals surface area contributed by atoms with E-state index in [9.17, 15) is 14.4 Å². The molecule has 2 heterocycles. The van der Waals surface area contributed by atoms with Gasteiger partial charge in [-0.05, 0) is 48.8 Å². The van der Waals surface area contributed by atoms with Crippen molar-refractivity contribution in [3.8, 4) is 0 Å². The van der Waals surface area contributed by atoms with Crippen LogP contribution in [0.5, 0.6) is 0 Å². The maximum absolute atomic E-state index is 13.9.